The number of thioether (sulfide) groups is 1. The molecule has 3 heterocycles. The molecule has 0 radical (unpaired) electrons. The molecule has 7 nitrogen and oxygen atoms in total. The fourth-order valence-corrected chi connectivity index (χ4v) is 5.21. The summed E-state index contributed by atoms with van der Waals surface area (Å²) in [5.74, 6) is -0.882. The Balaban J connectivity index is 1.55. The standard InChI is InChI=1S/C20H19ClFN5O2S2/c1-2-7-27-18(29)16-17(24-19(31-16)26-8-3-4-9-26)25-20(27)30-11-15(28)23-12-5-6-14(22)13(21)10-12/h2,5-6,10H,1,3-4,7-9,11H2,(H,23,28). The van der Waals surface area contributed by atoms with Crippen LogP contribution in [-0.4, -0.2) is 39.3 Å². The van der Waals surface area contributed by atoms with E-state index in [4.69, 9.17) is 11.6 Å². The third-order valence-electron chi connectivity index (χ3n) is 4.69. The molecule has 1 aliphatic heterocycles. The summed E-state index contributed by atoms with van der Waals surface area (Å²) in [4.78, 5) is 36.7. The molecule has 0 atom stereocenters. The van der Waals surface area contributed by atoms with Gasteiger partial charge in [0.2, 0.25) is 5.91 Å². The lowest BCUT2D eigenvalue weighted by Crippen LogP contribution is -2.23. The van der Waals surface area contributed by atoms with Crippen molar-refractivity contribution in [1.82, 2.24) is 14.5 Å². The van der Waals surface area contributed by atoms with E-state index in [1.54, 1.807) is 6.08 Å². The second kappa shape index (κ2) is 9.37. The maximum atomic E-state index is 13.3. The number of carbonyl (C=O) groups is 1. The molecule has 1 aromatic carbocycles. The number of amides is 1. The van der Waals surface area contributed by atoms with Crippen LogP contribution in [0.1, 0.15) is 12.8 Å². The van der Waals surface area contributed by atoms with Crippen LogP contribution in [-0.2, 0) is 11.3 Å². The summed E-state index contributed by atoms with van der Waals surface area (Å²) in [6.45, 7) is 5.84. The normalized spacial score (nSPS) is 13.7. The van der Waals surface area contributed by atoms with Gasteiger partial charge in [0.25, 0.3) is 5.56 Å². The summed E-state index contributed by atoms with van der Waals surface area (Å²) in [5, 5.41) is 3.78. The van der Waals surface area contributed by atoms with E-state index in [2.05, 4.69) is 26.8 Å². The molecule has 1 fully saturated rings. The van der Waals surface area contributed by atoms with E-state index < -0.39 is 5.82 Å². The number of halogens is 2. The fourth-order valence-electron chi connectivity index (χ4n) is 3.22. The number of nitrogens with one attached hydrogen (secondary N) is 1. The molecule has 0 unspecified atom stereocenters. The molecular formula is C20H19ClFN5O2S2. The Morgan fingerprint density at radius 2 is 2.13 bits per heavy atom. The van der Waals surface area contributed by atoms with Crippen molar-refractivity contribution in [1.29, 1.82) is 0 Å². The van der Waals surface area contributed by atoms with Gasteiger partial charge >= 0.3 is 0 Å². The predicted molar refractivity (Wildman–Crippen MR) is 124 cm³/mol. The predicted octanol–water partition coefficient (Wildman–Crippen LogP) is 4.16. The van der Waals surface area contributed by atoms with Gasteiger partial charge in [0.05, 0.1) is 10.8 Å². The quantitative estimate of drug-likeness (QED) is 0.311. The minimum atomic E-state index is -0.559. The van der Waals surface area contributed by atoms with Crippen molar-refractivity contribution in [2.75, 3.05) is 29.1 Å². The number of rotatable bonds is 7. The number of hydrogen-bond acceptors (Lipinski definition) is 7. The topological polar surface area (TPSA) is 80.1 Å². The number of hydrogen-bond donors (Lipinski definition) is 1. The minimum absolute atomic E-state index is 0.00715. The molecule has 11 heteroatoms. The Kier molecular flexibility index (Phi) is 6.59. The van der Waals surface area contributed by atoms with Crippen LogP contribution in [0.15, 0.2) is 40.8 Å². The third kappa shape index (κ3) is 4.76. The highest BCUT2D eigenvalue weighted by Crippen LogP contribution is 2.29. The van der Waals surface area contributed by atoms with Gasteiger partial charge in [-0.2, -0.15) is 4.98 Å². The SMILES string of the molecule is C=CCn1c(SCC(=O)Nc2ccc(F)c(Cl)c2)nc2nc(N3CCCC3)sc2c1=O. The Bertz CT molecular complexity index is 1210. The number of allylic oxidation sites excluding steroid dienone is 1. The van der Waals surface area contributed by atoms with E-state index in [0.29, 0.717) is 21.2 Å². The molecule has 2 aromatic heterocycles. The van der Waals surface area contributed by atoms with E-state index in [9.17, 15) is 14.0 Å². The van der Waals surface area contributed by atoms with E-state index in [1.165, 1.54) is 34.1 Å². The monoisotopic (exact) mass is 479 g/mol. The van der Waals surface area contributed by atoms with E-state index in [0.717, 1.165) is 42.8 Å². The lowest BCUT2D eigenvalue weighted by atomic mass is 10.3. The summed E-state index contributed by atoms with van der Waals surface area (Å²) in [5.41, 5.74) is 0.588. The van der Waals surface area contributed by atoms with Crippen molar-refractivity contribution >= 4 is 61.8 Å². The lowest BCUT2D eigenvalue weighted by Gasteiger charge is -2.11. The van der Waals surface area contributed by atoms with Crippen LogP contribution in [0.25, 0.3) is 10.3 Å². The maximum absolute atomic E-state index is 13.3. The van der Waals surface area contributed by atoms with E-state index in [-0.39, 0.29) is 28.8 Å². The van der Waals surface area contributed by atoms with Gasteiger partial charge in [-0.3, -0.25) is 14.2 Å². The van der Waals surface area contributed by atoms with Crippen LogP contribution in [0.4, 0.5) is 15.2 Å². The molecule has 162 valence electrons. The van der Waals surface area contributed by atoms with Gasteiger partial charge in [0.1, 0.15) is 10.5 Å². The number of nitrogens with zero attached hydrogens (tertiary/aromatic N) is 4. The molecule has 1 aliphatic rings. The highest BCUT2D eigenvalue weighted by atomic mass is 35.5. The van der Waals surface area contributed by atoms with Crippen molar-refractivity contribution < 1.29 is 9.18 Å². The second-order valence-electron chi connectivity index (χ2n) is 6.91. The van der Waals surface area contributed by atoms with Gasteiger partial charge in [-0.25, -0.2) is 9.37 Å². The average Bonchev–Trinajstić information content (AvgIpc) is 3.41. The first-order valence-corrected chi connectivity index (χ1v) is 11.8. The molecule has 4 rings (SSSR count). The van der Waals surface area contributed by atoms with Crippen LogP contribution < -0.4 is 15.8 Å². The van der Waals surface area contributed by atoms with Gasteiger partial charge in [-0.1, -0.05) is 40.8 Å². The van der Waals surface area contributed by atoms with Crippen molar-refractivity contribution in [3.63, 3.8) is 0 Å². The molecule has 0 saturated carbocycles. The summed E-state index contributed by atoms with van der Waals surface area (Å²) in [7, 11) is 0. The maximum Gasteiger partial charge on any atom is 0.274 e. The minimum Gasteiger partial charge on any atom is -0.348 e. The fraction of sp³-hybridized carbons (Fsp3) is 0.300. The Morgan fingerprint density at radius 3 is 2.84 bits per heavy atom. The van der Waals surface area contributed by atoms with E-state index >= 15 is 0 Å². The van der Waals surface area contributed by atoms with Crippen molar-refractivity contribution in [2.24, 2.45) is 0 Å². The zero-order valence-corrected chi connectivity index (χ0v) is 18.8. The van der Waals surface area contributed by atoms with Gasteiger partial charge in [0.15, 0.2) is 15.9 Å². The molecule has 0 spiro atoms. The van der Waals surface area contributed by atoms with Gasteiger partial charge in [0, 0.05) is 25.3 Å². The largest absolute Gasteiger partial charge is 0.348 e. The van der Waals surface area contributed by atoms with E-state index in [1.807, 2.05) is 0 Å². The van der Waals surface area contributed by atoms with Gasteiger partial charge in [-0.15, -0.1) is 6.58 Å². The number of fused-ring (bicyclic) bond motifs is 1. The number of benzene rings is 1. The Labute approximate surface area is 190 Å². The summed E-state index contributed by atoms with van der Waals surface area (Å²) >= 11 is 8.23. The number of carbonyl (C=O) groups excluding carboxylic acids is 1. The lowest BCUT2D eigenvalue weighted by molar-refractivity contribution is -0.113. The zero-order chi connectivity index (χ0) is 22.0. The molecule has 31 heavy (non-hydrogen) atoms. The summed E-state index contributed by atoms with van der Waals surface area (Å²) in [6, 6.07) is 3.95. The highest BCUT2D eigenvalue weighted by Gasteiger charge is 2.21. The molecule has 1 amide bonds. The highest BCUT2D eigenvalue weighted by molar-refractivity contribution is 7.99. The number of thiazole rings is 1. The third-order valence-corrected chi connectivity index (χ3v) is 7.05. The van der Waals surface area contributed by atoms with Crippen LogP contribution in [0, 0.1) is 5.82 Å². The van der Waals surface area contributed by atoms with Crippen molar-refractivity contribution in [2.45, 2.75) is 24.5 Å². The number of anilines is 2. The van der Waals surface area contributed by atoms with Crippen LogP contribution in [0.2, 0.25) is 5.02 Å². The van der Waals surface area contributed by atoms with Gasteiger partial charge in [-0.05, 0) is 31.0 Å². The molecule has 3 aromatic rings. The molecule has 0 aliphatic carbocycles. The summed E-state index contributed by atoms with van der Waals surface area (Å²) in [6.07, 6.45) is 3.83. The smallest absolute Gasteiger partial charge is 0.274 e. The molecule has 1 N–H and O–H groups in total. The van der Waals surface area contributed by atoms with Gasteiger partial charge < -0.3 is 10.2 Å². The first kappa shape index (κ1) is 21.8. The van der Waals surface area contributed by atoms with Crippen LogP contribution in [0.3, 0.4) is 0 Å². The second-order valence-corrected chi connectivity index (χ2v) is 9.24. The van der Waals surface area contributed by atoms with Crippen LogP contribution >= 0.6 is 34.7 Å². The molecule has 0 bridgehead atoms. The van der Waals surface area contributed by atoms with Crippen LogP contribution in [0.5, 0.6) is 0 Å². The molecular weight excluding hydrogens is 461 g/mol. The zero-order valence-electron chi connectivity index (χ0n) is 16.4. The Hall–Kier alpha value is -2.43. The number of aromatic nitrogens is 3. The first-order chi connectivity index (χ1) is 15.0. The summed E-state index contributed by atoms with van der Waals surface area (Å²) < 4.78 is 15.3. The Morgan fingerprint density at radius 1 is 1.35 bits per heavy atom. The van der Waals surface area contributed by atoms with Crippen molar-refractivity contribution in [3.05, 3.63) is 52.0 Å². The first-order valence-electron chi connectivity index (χ1n) is 9.61. The van der Waals surface area contributed by atoms with Crippen molar-refractivity contribution in [3.8, 4) is 0 Å². The molecule has 1 saturated heterocycles. The average molecular weight is 480 g/mol.